The Labute approximate surface area is 257 Å². The van der Waals surface area contributed by atoms with Gasteiger partial charge in [-0.25, -0.2) is 0 Å². The van der Waals surface area contributed by atoms with E-state index >= 15 is 0 Å². The third kappa shape index (κ3) is 5.77. The Kier molecular flexibility index (Phi) is 8.10. The van der Waals surface area contributed by atoms with Crippen molar-refractivity contribution in [2.75, 3.05) is 20.2 Å². The molecule has 3 heterocycles. The summed E-state index contributed by atoms with van der Waals surface area (Å²) in [4.78, 5) is 27.8. The molecule has 8 heteroatoms. The average Bonchev–Trinajstić information content (AvgIpc) is 3.55. The molecule has 2 atom stereocenters. The number of carbonyl (C=O) groups excluding carboxylic acids is 2. The largest absolute Gasteiger partial charge is 0.469 e. The van der Waals surface area contributed by atoms with Crippen LogP contribution in [0, 0.1) is 33.6 Å². The third-order valence-electron chi connectivity index (χ3n) is 8.58. The molecule has 0 radical (unpaired) electrons. The van der Waals surface area contributed by atoms with Gasteiger partial charge >= 0.3 is 5.97 Å². The Bertz CT molecular complexity index is 1800. The van der Waals surface area contributed by atoms with Gasteiger partial charge < -0.3 is 19.0 Å². The highest BCUT2D eigenvalue weighted by Gasteiger charge is 2.42. The predicted octanol–water partition coefficient (Wildman–Crippen LogP) is 6.30. The fraction of sp³-hybridized carbons (Fsp3) is 0.306. The number of nitrogens with one attached hydrogen (secondary N) is 1. The molecule has 1 N–H and O–H groups in total. The molecule has 0 saturated carbocycles. The van der Waals surface area contributed by atoms with E-state index in [1.54, 1.807) is 0 Å². The number of amides is 1. The summed E-state index contributed by atoms with van der Waals surface area (Å²) in [6.45, 7) is 9.06. The summed E-state index contributed by atoms with van der Waals surface area (Å²) >= 11 is 0. The van der Waals surface area contributed by atoms with Crippen LogP contribution in [0.15, 0.2) is 81.7 Å². The molecule has 1 aliphatic heterocycles. The van der Waals surface area contributed by atoms with E-state index in [0.29, 0.717) is 18.8 Å². The molecule has 1 aliphatic rings. The van der Waals surface area contributed by atoms with Crippen LogP contribution in [0.5, 0.6) is 0 Å². The van der Waals surface area contributed by atoms with Crippen LogP contribution < -0.4 is 5.32 Å². The molecule has 0 spiro atoms. The number of nitrogens with zero attached hydrogens (tertiary/aromatic N) is 2. The fourth-order valence-electron chi connectivity index (χ4n) is 6.32. The van der Waals surface area contributed by atoms with Gasteiger partial charge in [-0.3, -0.25) is 14.5 Å². The Balaban J connectivity index is 1.25. The first kappa shape index (κ1) is 29.4. The number of hydrogen-bond donors (Lipinski definition) is 1. The second-order valence-electron chi connectivity index (χ2n) is 11.8. The van der Waals surface area contributed by atoms with E-state index in [2.05, 4.69) is 47.4 Å². The monoisotopic (exact) mass is 591 g/mol. The van der Waals surface area contributed by atoms with Gasteiger partial charge in [0.2, 0.25) is 5.91 Å². The Hall–Kier alpha value is -4.69. The van der Waals surface area contributed by atoms with Crippen molar-refractivity contribution in [1.29, 1.82) is 0 Å². The van der Waals surface area contributed by atoms with Gasteiger partial charge in [0.05, 0.1) is 37.2 Å². The maximum absolute atomic E-state index is 13.5. The van der Waals surface area contributed by atoms with Crippen molar-refractivity contribution < 1.29 is 23.3 Å². The number of aryl methyl sites for hydroxylation is 4. The molecule has 1 fully saturated rings. The Morgan fingerprint density at radius 3 is 2.45 bits per heavy atom. The molecule has 3 aromatic carbocycles. The number of methoxy groups -OCH3 is 1. The molecule has 2 aromatic heterocycles. The maximum Gasteiger partial charge on any atom is 0.311 e. The van der Waals surface area contributed by atoms with Crippen LogP contribution in [0.25, 0.3) is 11.0 Å². The van der Waals surface area contributed by atoms with Gasteiger partial charge in [-0.2, -0.15) is 0 Å². The Morgan fingerprint density at radius 1 is 1.00 bits per heavy atom. The molecule has 226 valence electrons. The summed E-state index contributed by atoms with van der Waals surface area (Å²) in [5.74, 6) is 0.992. The summed E-state index contributed by atoms with van der Waals surface area (Å²) < 4.78 is 16.8. The number of rotatable bonds is 9. The van der Waals surface area contributed by atoms with Crippen LogP contribution in [0.4, 0.5) is 0 Å². The second kappa shape index (κ2) is 12.1. The minimum Gasteiger partial charge on any atom is -0.469 e. The smallest absolute Gasteiger partial charge is 0.311 e. The van der Waals surface area contributed by atoms with Crippen molar-refractivity contribution in [2.24, 2.45) is 5.92 Å². The summed E-state index contributed by atoms with van der Waals surface area (Å²) in [6.07, 6.45) is 0.227. The average molecular weight is 592 g/mol. The Morgan fingerprint density at radius 2 is 1.77 bits per heavy atom. The number of esters is 1. The molecule has 2 unspecified atom stereocenters. The standard InChI is InChI=1S/C36H37N3O5/c1-21-11-13-29(22(2)15-21)34(26-9-7-6-8-10-26)37-32(40)17-25-12-14-30-27(16-25)18-31(43-30)35(33-23(3)38-44-24(33)4)39-19-28(20-39)36(41)42-5/h6-16,18,28,34-35H,17,19-20H2,1-5H3,(H,37,40). The lowest BCUT2D eigenvalue weighted by atomic mass is 9.92. The van der Waals surface area contributed by atoms with E-state index in [1.807, 2.05) is 68.4 Å². The molecule has 44 heavy (non-hydrogen) atoms. The van der Waals surface area contributed by atoms with Gasteiger partial charge in [-0.15, -0.1) is 0 Å². The highest BCUT2D eigenvalue weighted by atomic mass is 16.5. The van der Waals surface area contributed by atoms with Gasteiger partial charge in [0.25, 0.3) is 0 Å². The third-order valence-corrected chi connectivity index (χ3v) is 8.58. The van der Waals surface area contributed by atoms with Crippen LogP contribution in [0.3, 0.4) is 0 Å². The number of ether oxygens (including phenoxy) is 1. The number of hydrogen-bond acceptors (Lipinski definition) is 7. The van der Waals surface area contributed by atoms with Gasteiger partial charge in [-0.05, 0) is 68.1 Å². The molecular weight excluding hydrogens is 554 g/mol. The van der Waals surface area contributed by atoms with Crippen molar-refractivity contribution in [2.45, 2.75) is 46.2 Å². The van der Waals surface area contributed by atoms with Crippen LogP contribution in [0.1, 0.15) is 62.7 Å². The quantitative estimate of drug-likeness (QED) is 0.201. The molecule has 8 nitrogen and oxygen atoms in total. The van der Waals surface area contributed by atoms with Gasteiger partial charge in [-0.1, -0.05) is 65.3 Å². The lowest BCUT2D eigenvalue weighted by molar-refractivity contribution is -0.152. The van der Waals surface area contributed by atoms with Crippen LogP contribution in [-0.2, 0) is 20.7 Å². The van der Waals surface area contributed by atoms with E-state index in [0.717, 1.165) is 50.2 Å². The van der Waals surface area contributed by atoms with E-state index in [4.69, 9.17) is 13.7 Å². The van der Waals surface area contributed by atoms with Crippen molar-refractivity contribution in [3.05, 3.63) is 123 Å². The molecule has 1 amide bonds. The number of furan rings is 1. The predicted molar refractivity (Wildman–Crippen MR) is 167 cm³/mol. The van der Waals surface area contributed by atoms with Crippen LogP contribution >= 0.6 is 0 Å². The van der Waals surface area contributed by atoms with E-state index < -0.39 is 0 Å². The number of carbonyl (C=O) groups is 2. The molecule has 0 bridgehead atoms. The number of likely N-dealkylation sites (tertiary alicyclic amines) is 1. The molecule has 5 aromatic rings. The highest BCUT2D eigenvalue weighted by Crippen LogP contribution is 2.40. The minimum atomic E-state index is -0.259. The number of aromatic nitrogens is 1. The lowest BCUT2D eigenvalue weighted by Gasteiger charge is -2.42. The highest BCUT2D eigenvalue weighted by molar-refractivity contribution is 5.83. The summed E-state index contributed by atoms with van der Waals surface area (Å²) in [5, 5.41) is 8.36. The topological polar surface area (TPSA) is 97.8 Å². The van der Waals surface area contributed by atoms with Crippen molar-refractivity contribution >= 4 is 22.8 Å². The minimum absolute atomic E-state index is 0.0649. The van der Waals surface area contributed by atoms with Crippen molar-refractivity contribution in [1.82, 2.24) is 15.4 Å². The summed E-state index contributed by atoms with van der Waals surface area (Å²) in [6, 6.07) is 23.8. The maximum atomic E-state index is 13.5. The molecule has 6 rings (SSSR count). The first-order valence-corrected chi connectivity index (χ1v) is 14.9. The van der Waals surface area contributed by atoms with Gasteiger partial charge in [0.15, 0.2) is 0 Å². The number of benzene rings is 3. The first-order valence-electron chi connectivity index (χ1n) is 14.9. The fourth-order valence-corrected chi connectivity index (χ4v) is 6.32. The zero-order valence-electron chi connectivity index (χ0n) is 25.7. The second-order valence-corrected chi connectivity index (χ2v) is 11.8. The lowest BCUT2D eigenvalue weighted by Crippen LogP contribution is -2.52. The zero-order chi connectivity index (χ0) is 31.0. The number of fused-ring (bicyclic) bond motifs is 1. The molecule has 1 saturated heterocycles. The van der Waals surface area contributed by atoms with Gasteiger partial charge in [0, 0.05) is 24.0 Å². The van der Waals surface area contributed by atoms with Crippen molar-refractivity contribution in [3.8, 4) is 0 Å². The van der Waals surface area contributed by atoms with Gasteiger partial charge in [0.1, 0.15) is 17.1 Å². The summed E-state index contributed by atoms with van der Waals surface area (Å²) in [5.41, 5.74) is 7.77. The molecule has 0 aliphatic carbocycles. The van der Waals surface area contributed by atoms with E-state index in [-0.39, 0.29) is 36.3 Å². The normalized spacial score (nSPS) is 15.1. The summed E-state index contributed by atoms with van der Waals surface area (Å²) in [7, 11) is 1.42. The van der Waals surface area contributed by atoms with Crippen LogP contribution in [0.2, 0.25) is 0 Å². The van der Waals surface area contributed by atoms with Crippen LogP contribution in [-0.4, -0.2) is 42.1 Å². The molecular formula is C36H37N3O5. The van der Waals surface area contributed by atoms with E-state index in [9.17, 15) is 9.59 Å². The first-order chi connectivity index (χ1) is 21.2. The van der Waals surface area contributed by atoms with E-state index in [1.165, 1.54) is 12.7 Å². The SMILES string of the molecule is COC(=O)C1CN(C(c2cc3cc(CC(=O)NC(c4ccccc4)c4ccc(C)cc4C)ccc3o2)c2c(C)noc2C)C1. The zero-order valence-corrected chi connectivity index (χ0v) is 25.7. The van der Waals surface area contributed by atoms with Crippen molar-refractivity contribution in [3.63, 3.8) is 0 Å².